The molecule has 0 aromatic heterocycles. The van der Waals surface area contributed by atoms with Crippen LogP contribution < -0.4 is 0 Å². The van der Waals surface area contributed by atoms with Crippen LogP contribution in [0.4, 0.5) is 0 Å². The third-order valence-electron chi connectivity index (χ3n) is 2.94. The van der Waals surface area contributed by atoms with Gasteiger partial charge in [-0.15, -0.1) is 0 Å². The zero-order valence-electron chi connectivity index (χ0n) is 9.93. The monoisotopic (exact) mass is 228 g/mol. The molecule has 0 spiro atoms. The predicted molar refractivity (Wildman–Crippen MR) is 75.0 cm³/mol. The zero-order valence-corrected chi connectivity index (χ0v) is 9.93. The number of rotatable bonds is 2. The zero-order chi connectivity index (χ0) is 12.2. The minimum absolute atomic E-state index is 1.17. The van der Waals surface area contributed by atoms with Crippen LogP contribution in [-0.4, -0.2) is 0 Å². The quantitative estimate of drug-likeness (QED) is 0.600. The molecule has 2 radical (unpaired) electrons. The molecule has 0 bridgehead atoms. The summed E-state index contributed by atoms with van der Waals surface area (Å²) in [6, 6.07) is 30.9. The van der Waals surface area contributed by atoms with Gasteiger partial charge in [0.2, 0.25) is 0 Å². The van der Waals surface area contributed by atoms with Gasteiger partial charge in [0.15, 0.2) is 0 Å². The highest BCUT2D eigenvalue weighted by Crippen LogP contribution is 2.25. The van der Waals surface area contributed by atoms with E-state index in [2.05, 4.69) is 48.5 Å². The maximum absolute atomic E-state index is 3.21. The highest BCUT2D eigenvalue weighted by atomic mass is 14.0. The molecular formula is C18H12. The summed E-state index contributed by atoms with van der Waals surface area (Å²) in [6.07, 6.45) is 0. The average Bonchev–Trinajstić information content (AvgIpc) is 2.49. The minimum atomic E-state index is 1.17. The summed E-state index contributed by atoms with van der Waals surface area (Å²) in [5.74, 6) is 0. The van der Waals surface area contributed by atoms with Crippen molar-refractivity contribution < 1.29 is 0 Å². The van der Waals surface area contributed by atoms with Crippen LogP contribution in [0.2, 0.25) is 0 Å². The highest BCUT2D eigenvalue weighted by molar-refractivity contribution is 5.72. The van der Waals surface area contributed by atoms with Crippen molar-refractivity contribution in [1.82, 2.24) is 0 Å². The van der Waals surface area contributed by atoms with Gasteiger partial charge in [0.1, 0.15) is 0 Å². The lowest BCUT2D eigenvalue weighted by Crippen LogP contribution is -1.81. The Morgan fingerprint density at radius 1 is 0.556 bits per heavy atom. The predicted octanol–water partition coefficient (Wildman–Crippen LogP) is 4.62. The molecule has 3 aromatic carbocycles. The van der Waals surface area contributed by atoms with Crippen molar-refractivity contribution in [2.75, 3.05) is 0 Å². The van der Waals surface area contributed by atoms with Crippen molar-refractivity contribution >= 4 is 0 Å². The Kier molecular flexibility index (Phi) is 2.93. The van der Waals surface area contributed by atoms with E-state index in [0.29, 0.717) is 0 Å². The molecule has 0 atom stereocenters. The van der Waals surface area contributed by atoms with Gasteiger partial charge in [0.05, 0.1) is 0 Å². The first-order chi connectivity index (χ1) is 8.93. The number of hydrogen-bond acceptors (Lipinski definition) is 0. The Balaban J connectivity index is 2.05. The summed E-state index contributed by atoms with van der Waals surface area (Å²) in [5, 5.41) is 0. The molecule has 0 aliphatic heterocycles. The van der Waals surface area contributed by atoms with Gasteiger partial charge in [-0.25, -0.2) is 0 Å². The standard InChI is InChI=1S/C18H12/c1-3-8-15(9-4-1)17-12-7-13-18(14-17)16-10-5-2-6-11-16/h1-5,8-14H. The highest BCUT2D eigenvalue weighted by Gasteiger charge is 2.00. The van der Waals surface area contributed by atoms with Gasteiger partial charge in [-0.3, -0.25) is 0 Å². The second-order valence-electron chi connectivity index (χ2n) is 4.17. The van der Waals surface area contributed by atoms with E-state index >= 15 is 0 Å². The molecule has 0 nitrogen and oxygen atoms in total. The van der Waals surface area contributed by atoms with Gasteiger partial charge in [-0.2, -0.15) is 0 Å². The van der Waals surface area contributed by atoms with E-state index in [4.69, 9.17) is 0 Å². The first-order valence-electron chi connectivity index (χ1n) is 5.96. The van der Waals surface area contributed by atoms with Crippen LogP contribution in [0.5, 0.6) is 0 Å². The van der Waals surface area contributed by atoms with Crippen molar-refractivity contribution in [1.29, 1.82) is 0 Å². The number of hydrogen-bond donors (Lipinski definition) is 0. The van der Waals surface area contributed by atoms with Crippen LogP contribution in [0.25, 0.3) is 22.3 Å². The second kappa shape index (κ2) is 4.89. The van der Waals surface area contributed by atoms with Crippen molar-refractivity contribution in [2.24, 2.45) is 0 Å². The SMILES string of the molecule is [c]1cccc(-c2c[c]cc(-c3ccccc3)c2)c1. The fourth-order valence-electron chi connectivity index (χ4n) is 2.01. The van der Waals surface area contributed by atoms with Crippen LogP contribution in [0.15, 0.2) is 72.8 Å². The Morgan fingerprint density at radius 2 is 1.22 bits per heavy atom. The third kappa shape index (κ3) is 2.18. The van der Waals surface area contributed by atoms with Crippen LogP contribution in [0.1, 0.15) is 0 Å². The molecule has 0 saturated heterocycles. The molecular weight excluding hydrogens is 216 g/mol. The lowest BCUT2D eigenvalue weighted by molar-refractivity contribution is 1.58. The van der Waals surface area contributed by atoms with E-state index in [9.17, 15) is 0 Å². The largest absolute Gasteiger partial charge is 0.0622 e. The van der Waals surface area contributed by atoms with Crippen molar-refractivity contribution in [2.45, 2.75) is 0 Å². The molecule has 18 heavy (non-hydrogen) atoms. The van der Waals surface area contributed by atoms with Crippen LogP contribution >= 0.6 is 0 Å². The Morgan fingerprint density at radius 3 is 1.94 bits per heavy atom. The summed E-state index contributed by atoms with van der Waals surface area (Å²) >= 11 is 0. The molecule has 0 amide bonds. The molecule has 0 N–H and O–H groups in total. The molecule has 0 heteroatoms. The van der Waals surface area contributed by atoms with E-state index < -0.39 is 0 Å². The lowest BCUT2D eigenvalue weighted by atomic mass is 9.99. The smallest absolute Gasteiger partial charge is 0.0171 e. The first-order valence-corrected chi connectivity index (χ1v) is 5.96. The van der Waals surface area contributed by atoms with E-state index in [0.717, 1.165) is 0 Å². The van der Waals surface area contributed by atoms with Gasteiger partial charge < -0.3 is 0 Å². The molecule has 3 rings (SSSR count). The molecule has 0 aliphatic carbocycles. The van der Waals surface area contributed by atoms with Crippen LogP contribution in [-0.2, 0) is 0 Å². The Labute approximate surface area is 108 Å². The van der Waals surface area contributed by atoms with E-state index in [-0.39, 0.29) is 0 Å². The Hall–Kier alpha value is -2.34. The van der Waals surface area contributed by atoms with E-state index in [1.54, 1.807) is 0 Å². The van der Waals surface area contributed by atoms with E-state index in [1.807, 2.05) is 36.4 Å². The Bertz CT molecular complexity index is 570. The fourth-order valence-corrected chi connectivity index (χ4v) is 2.01. The van der Waals surface area contributed by atoms with Crippen LogP contribution in [0, 0.1) is 12.1 Å². The molecule has 0 unspecified atom stereocenters. The molecule has 0 fully saturated rings. The van der Waals surface area contributed by atoms with Gasteiger partial charge in [-0.05, 0) is 58.7 Å². The van der Waals surface area contributed by atoms with Crippen molar-refractivity contribution in [3.05, 3.63) is 84.9 Å². The van der Waals surface area contributed by atoms with Gasteiger partial charge in [0.25, 0.3) is 0 Å². The summed E-state index contributed by atoms with van der Waals surface area (Å²) in [7, 11) is 0. The molecule has 3 aromatic rings. The molecule has 84 valence electrons. The topological polar surface area (TPSA) is 0 Å². The molecule has 0 saturated carbocycles. The summed E-state index contributed by atoms with van der Waals surface area (Å²) < 4.78 is 0. The number of benzene rings is 3. The van der Waals surface area contributed by atoms with Crippen LogP contribution in [0.3, 0.4) is 0 Å². The summed E-state index contributed by atoms with van der Waals surface area (Å²) in [4.78, 5) is 0. The van der Waals surface area contributed by atoms with Gasteiger partial charge in [-0.1, -0.05) is 48.5 Å². The molecule has 0 aliphatic rings. The summed E-state index contributed by atoms with van der Waals surface area (Å²) in [5.41, 5.74) is 4.76. The minimum Gasteiger partial charge on any atom is -0.0622 e. The maximum atomic E-state index is 3.21. The van der Waals surface area contributed by atoms with Crippen molar-refractivity contribution in [3.63, 3.8) is 0 Å². The average molecular weight is 228 g/mol. The molecule has 0 heterocycles. The van der Waals surface area contributed by atoms with Crippen molar-refractivity contribution in [3.8, 4) is 22.3 Å². The maximum Gasteiger partial charge on any atom is -0.0171 e. The fraction of sp³-hybridized carbons (Fsp3) is 0. The first kappa shape index (κ1) is 10.8. The summed E-state index contributed by atoms with van der Waals surface area (Å²) in [6.45, 7) is 0. The lowest BCUT2D eigenvalue weighted by Gasteiger charge is -2.05. The normalized spacial score (nSPS) is 10.2. The second-order valence-corrected chi connectivity index (χ2v) is 4.17. The van der Waals surface area contributed by atoms with Gasteiger partial charge in [0, 0.05) is 0 Å². The third-order valence-corrected chi connectivity index (χ3v) is 2.94. The van der Waals surface area contributed by atoms with Gasteiger partial charge >= 0.3 is 0 Å². The van der Waals surface area contributed by atoms with E-state index in [1.165, 1.54) is 22.3 Å².